The van der Waals surface area contributed by atoms with Gasteiger partial charge in [-0.15, -0.1) is 0 Å². The van der Waals surface area contributed by atoms with Crippen molar-refractivity contribution in [1.29, 1.82) is 0 Å². The molecule has 4 heteroatoms. The van der Waals surface area contributed by atoms with Crippen molar-refractivity contribution in [3.63, 3.8) is 0 Å². The first-order chi connectivity index (χ1) is 11.5. The summed E-state index contributed by atoms with van der Waals surface area (Å²) in [6, 6.07) is 0. The van der Waals surface area contributed by atoms with Gasteiger partial charge in [0.2, 0.25) is 0 Å². The van der Waals surface area contributed by atoms with E-state index in [1.54, 1.807) is 0 Å². The van der Waals surface area contributed by atoms with Gasteiger partial charge in [0.1, 0.15) is 12.2 Å². The Labute approximate surface area is 148 Å². The zero-order valence-electron chi connectivity index (χ0n) is 16.0. The second kappa shape index (κ2) is 15.2. The SMILES string of the molecule is CCCCCC(C/C=C/CC(CCCCC)OC(C)=O)OC(C)=O. The summed E-state index contributed by atoms with van der Waals surface area (Å²) in [4.78, 5) is 22.4. The van der Waals surface area contributed by atoms with Crippen LogP contribution in [0.25, 0.3) is 0 Å². The summed E-state index contributed by atoms with van der Waals surface area (Å²) in [7, 11) is 0. The zero-order chi connectivity index (χ0) is 18.2. The first-order valence-electron chi connectivity index (χ1n) is 9.48. The number of esters is 2. The fourth-order valence-electron chi connectivity index (χ4n) is 2.66. The highest BCUT2D eigenvalue weighted by molar-refractivity contribution is 5.66. The lowest BCUT2D eigenvalue weighted by molar-refractivity contribution is -0.147. The average molecular weight is 341 g/mol. The van der Waals surface area contributed by atoms with E-state index in [-0.39, 0.29) is 24.1 Å². The van der Waals surface area contributed by atoms with E-state index >= 15 is 0 Å². The number of rotatable bonds is 14. The van der Waals surface area contributed by atoms with Crippen LogP contribution in [0.15, 0.2) is 12.2 Å². The van der Waals surface area contributed by atoms with Gasteiger partial charge in [-0.3, -0.25) is 9.59 Å². The third-order valence-corrected chi connectivity index (χ3v) is 3.89. The lowest BCUT2D eigenvalue weighted by atomic mass is 10.1. The van der Waals surface area contributed by atoms with Gasteiger partial charge < -0.3 is 9.47 Å². The van der Waals surface area contributed by atoms with Crippen LogP contribution in [0.1, 0.15) is 91.9 Å². The highest BCUT2D eigenvalue weighted by atomic mass is 16.5. The van der Waals surface area contributed by atoms with Gasteiger partial charge in [0.15, 0.2) is 0 Å². The molecule has 140 valence electrons. The molecule has 0 bridgehead atoms. The van der Waals surface area contributed by atoms with E-state index in [0.29, 0.717) is 0 Å². The fourth-order valence-corrected chi connectivity index (χ4v) is 2.66. The second-order valence-electron chi connectivity index (χ2n) is 6.40. The highest BCUT2D eigenvalue weighted by Gasteiger charge is 2.12. The molecular weight excluding hydrogens is 304 g/mol. The molecular formula is C20H36O4. The van der Waals surface area contributed by atoms with E-state index < -0.39 is 0 Å². The topological polar surface area (TPSA) is 52.6 Å². The van der Waals surface area contributed by atoms with Gasteiger partial charge >= 0.3 is 11.9 Å². The maximum atomic E-state index is 11.2. The Morgan fingerprint density at radius 3 is 1.42 bits per heavy atom. The monoisotopic (exact) mass is 340 g/mol. The van der Waals surface area contributed by atoms with Crippen molar-refractivity contribution in [3.05, 3.63) is 12.2 Å². The first kappa shape index (κ1) is 22.7. The Balaban J connectivity index is 4.30. The van der Waals surface area contributed by atoms with Gasteiger partial charge in [0, 0.05) is 26.7 Å². The minimum absolute atomic E-state index is 0.0439. The van der Waals surface area contributed by atoms with Gasteiger partial charge in [0.05, 0.1) is 0 Å². The first-order valence-corrected chi connectivity index (χ1v) is 9.48. The fraction of sp³-hybridized carbons (Fsp3) is 0.800. The summed E-state index contributed by atoms with van der Waals surface area (Å²) in [6.07, 6.45) is 14.1. The molecule has 0 rings (SSSR count). The molecule has 0 N–H and O–H groups in total. The molecule has 0 radical (unpaired) electrons. The number of carbonyl (C=O) groups is 2. The largest absolute Gasteiger partial charge is 0.462 e. The molecule has 2 unspecified atom stereocenters. The molecule has 0 heterocycles. The molecule has 0 aromatic rings. The summed E-state index contributed by atoms with van der Waals surface area (Å²) < 4.78 is 10.7. The molecule has 0 saturated heterocycles. The Kier molecular flexibility index (Phi) is 14.4. The summed E-state index contributed by atoms with van der Waals surface area (Å²) >= 11 is 0. The molecule has 0 saturated carbocycles. The van der Waals surface area contributed by atoms with E-state index in [1.807, 2.05) is 0 Å². The number of hydrogen-bond donors (Lipinski definition) is 0. The normalized spacial score (nSPS) is 13.7. The number of hydrogen-bond acceptors (Lipinski definition) is 4. The Hall–Kier alpha value is -1.32. The molecule has 0 aromatic heterocycles. The van der Waals surface area contributed by atoms with Gasteiger partial charge in [0.25, 0.3) is 0 Å². The maximum absolute atomic E-state index is 11.2. The van der Waals surface area contributed by atoms with Crippen molar-refractivity contribution in [2.75, 3.05) is 0 Å². The predicted octanol–water partition coefficient (Wildman–Crippen LogP) is 5.35. The van der Waals surface area contributed by atoms with Crippen LogP contribution in [-0.4, -0.2) is 24.1 Å². The van der Waals surface area contributed by atoms with Crippen molar-refractivity contribution >= 4 is 11.9 Å². The minimum Gasteiger partial charge on any atom is -0.462 e. The standard InChI is InChI=1S/C20H36O4/c1-5-7-9-13-19(23-17(3)21)15-11-12-16-20(24-18(4)22)14-10-8-6-2/h11-12,19-20H,5-10,13-16H2,1-4H3/b12-11+. The van der Waals surface area contributed by atoms with E-state index in [9.17, 15) is 9.59 Å². The van der Waals surface area contributed by atoms with Crippen LogP contribution < -0.4 is 0 Å². The third-order valence-electron chi connectivity index (χ3n) is 3.89. The van der Waals surface area contributed by atoms with E-state index in [2.05, 4.69) is 26.0 Å². The Morgan fingerprint density at radius 1 is 0.750 bits per heavy atom. The van der Waals surface area contributed by atoms with Gasteiger partial charge in [-0.05, 0) is 25.7 Å². The summed E-state index contributed by atoms with van der Waals surface area (Å²) in [6.45, 7) is 7.24. The smallest absolute Gasteiger partial charge is 0.302 e. The van der Waals surface area contributed by atoms with Crippen LogP contribution in [0.2, 0.25) is 0 Å². The van der Waals surface area contributed by atoms with Crippen LogP contribution in [0.3, 0.4) is 0 Å². The summed E-state index contributed by atoms with van der Waals surface area (Å²) in [5.41, 5.74) is 0. The Bertz CT molecular complexity index is 329. The average Bonchev–Trinajstić information content (AvgIpc) is 2.50. The van der Waals surface area contributed by atoms with Crippen molar-refractivity contribution < 1.29 is 19.1 Å². The van der Waals surface area contributed by atoms with Crippen molar-refractivity contribution in [2.45, 2.75) is 104 Å². The van der Waals surface area contributed by atoms with Crippen LogP contribution in [0.4, 0.5) is 0 Å². The molecule has 0 aromatic carbocycles. The van der Waals surface area contributed by atoms with Crippen molar-refractivity contribution in [2.24, 2.45) is 0 Å². The molecule has 4 nitrogen and oxygen atoms in total. The molecule has 0 aliphatic carbocycles. The third kappa shape index (κ3) is 14.3. The molecule has 0 amide bonds. The lowest BCUT2D eigenvalue weighted by Gasteiger charge is -2.16. The zero-order valence-corrected chi connectivity index (χ0v) is 16.0. The summed E-state index contributed by atoms with van der Waals surface area (Å²) in [5.74, 6) is -0.440. The highest BCUT2D eigenvalue weighted by Crippen LogP contribution is 2.14. The number of ether oxygens (including phenoxy) is 2. The molecule has 0 aliphatic heterocycles. The van der Waals surface area contributed by atoms with Crippen molar-refractivity contribution in [3.8, 4) is 0 Å². The van der Waals surface area contributed by atoms with Gasteiger partial charge in [-0.2, -0.15) is 0 Å². The minimum atomic E-state index is -0.220. The second-order valence-corrected chi connectivity index (χ2v) is 6.40. The molecule has 24 heavy (non-hydrogen) atoms. The molecule has 0 aliphatic rings. The quantitative estimate of drug-likeness (QED) is 0.243. The lowest BCUT2D eigenvalue weighted by Crippen LogP contribution is -2.16. The predicted molar refractivity (Wildman–Crippen MR) is 97.8 cm³/mol. The van der Waals surface area contributed by atoms with Crippen LogP contribution in [-0.2, 0) is 19.1 Å². The van der Waals surface area contributed by atoms with Crippen LogP contribution in [0, 0.1) is 0 Å². The number of unbranched alkanes of at least 4 members (excludes halogenated alkanes) is 4. The Morgan fingerprint density at radius 2 is 1.12 bits per heavy atom. The molecule has 0 spiro atoms. The maximum Gasteiger partial charge on any atom is 0.302 e. The van der Waals surface area contributed by atoms with Gasteiger partial charge in [-0.1, -0.05) is 51.7 Å². The van der Waals surface area contributed by atoms with Crippen LogP contribution >= 0.6 is 0 Å². The summed E-state index contributed by atoms with van der Waals surface area (Å²) in [5, 5.41) is 0. The van der Waals surface area contributed by atoms with Crippen LogP contribution in [0.5, 0.6) is 0 Å². The van der Waals surface area contributed by atoms with Crippen molar-refractivity contribution in [1.82, 2.24) is 0 Å². The van der Waals surface area contributed by atoms with E-state index in [4.69, 9.17) is 9.47 Å². The van der Waals surface area contributed by atoms with E-state index in [0.717, 1.165) is 64.2 Å². The number of carbonyl (C=O) groups excluding carboxylic acids is 2. The van der Waals surface area contributed by atoms with Gasteiger partial charge in [-0.25, -0.2) is 0 Å². The molecule has 2 atom stereocenters. The molecule has 0 fully saturated rings. The van der Waals surface area contributed by atoms with E-state index in [1.165, 1.54) is 13.8 Å².